The summed E-state index contributed by atoms with van der Waals surface area (Å²) < 4.78 is 50.0. The summed E-state index contributed by atoms with van der Waals surface area (Å²) in [5.74, 6) is -0.906. The predicted octanol–water partition coefficient (Wildman–Crippen LogP) is 15.3. The highest BCUT2D eigenvalue weighted by Gasteiger charge is 2.57. The van der Waals surface area contributed by atoms with E-state index in [2.05, 4.69) is 24.3 Å². The number of allylic oxidation sites excluding steroid dienone is 4. The van der Waals surface area contributed by atoms with Crippen LogP contribution in [0.3, 0.4) is 0 Å². The van der Waals surface area contributed by atoms with E-state index in [0.717, 1.165) is 63.4 Å². The topological polar surface area (TPSA) is 187 Å². The maximum atomic E-state index is 13.1. The minimum atomic E-state index is -1.16. The number of carboxylic acid groups (broad SMARTS) is 1. The Bertz CT molecular complexity index is 3650. The van der Waals surface area contributed by atoms with Crippen LogP contribution in [-0.4, -0.2) is 45.1 Å². The summed E-state index contributed by atoms with van der Waals surface area (Å²) in [4.78, 5) is 73.3. The molecule has 8 aromatic rings. The van der Waals surface area contributed by atoms with Gasteiger partial charge in [0.05, 0.1) is 10.8 Å². The molecule has 0 saturated heterocycles. The molecule has 11 nitrogen and oxygen atoms in total. The van der Waals surface area contributed by atoms with Gasteiger partial charge in [-0.2, -0.15) is 0 Å². The lowest BCUT2D eigenvalue weighted by molar-refractivity contribution is -0.148. The standard InChI is InChI=1S/C26H23FO3.C19H17FO3.C13H13NO.C12H11FO3.C6H8.ClH/c27-22-10-6-19(7-11-22)16-24(28)26(14-15-26)25(29)17-20-8-12-23(13-9-20)30-18-21-4-2-1-3-5-21;20-15-5-1-13(2-6-15)11-17(22)19(9-10-19)18(23)12-14-3-7-16(21)8-4-14;14-12-6-8-13(9-7-12)15-10-11-4-2-1-3-5-11;13-9-3-1-8(2-4-9)7-10(14)12(5-6-12)11(15)16;1-2-4-6-5-3-1;/h1-13H,14-18H2;1-8,21H,9-12H2;1-9H,10,14H2;1-4H,5-7H2,(H,15,16);1-2,5-6H,3-4H2;1H. The van der Waals surface area contributed by atoms with Crippen molar-refractivity contribution in [2.24, 2.45) is 16.2 Å². The van der Waals surface area contributed by atoms with E-state index in [1.807, 2.05) is 109 Å². The minimum Gasteiger partial charge on any atom is -0.508 e. The molecular weight excluding hydrogens is 1180 g/mol. The number of halogens is 4. The molecule has 0 amide bonds. The zero-order valence-electron chi connectivity index (χ0n) is 50.3. The van der Waals surface area contributed by atoms with Gasteiger partial charge in [-0.25, -0.2) is 13.2 Å². The van der Waals surface area contributed by atoms with E-state index >= 15 is 0 Å². The average Bonchev–Trinajstić information content (AvgIpc) is 1.64. The first-order chi connectivity index (χ1) is 43.4. The molecule has 4 aliphatic rings. The van der Waals surface area contributed by atoms with Gasteiger partial charge in [-0.15, -0.1) is 12.4 Å². The summed E-state index contributed by atoms with van der Waals surface area (Å²) in [5, 5.41) is 18.2. The number of hydrogen-bond donors (Lipinski definition) is 3. The van der Waals surface area contributed by atoms with Gasteiger partial charge in [0.2, 0.25) is 0 Å². The van der Waals surface area contributed by atoms with Crippen LogP contribution in [0.2, 0.25) is 0 Å². The Kier molecular flexibility index (Phi) is 25.1. The first kappa shape index (κ1) is 68.8. The highest BCUT2D eigenvalue weighted by atomic mass is 35.5. The van der Waals surface area contributed by atoms with Crippen molar-refractivity contribution < 1.29 is 61.6 Å². The molecule has 0 heterocycles. The number of aromatic hydroxyl groups is 1. The molecular formula is C76H73ClF3NO10. The Labute approximate surface area is 534 Å². The second kappa shape index (κ2) is 33.2. The summed E-state index contributed by atoms with van der Waals surface area (Å²) in [7, 11) is 0. The number of phenols is 1. The van der Waals surface area contributed by atoms with E-state index < -0.39 is 22.2 Å². The van der Waals surface area contributed by atoms with Crippen LogP contribution < -0.4 is 15.2 Å². The molecule has 0 radical (unpaired) electrons. The van der Waals surface area contributed by atoms with Gasteiger partial charge in [-0.1, -0.05) is 146 Å². The zero-order chi connectivity index (χ0) is 63.9. The summed E-state index contributed by atoms with van der Waals surface area (Å²) in [6.45, 7) is 1.07. The van der Waals surface area contributed by atoms with Gasteiger partial charge in [0.15, 0.2) is 28.9 Å². The molecule has 12 rings (SSSR count). The molecule has 470 valence electrons. The number of ketones is 5. The van der Waals surface area contributed by atoms with Crippen molar-refractivity contribution in [1.29, 1.82) is 0 Å². The Morgan fingerprint density at radius 2 is 0.626 bits per heavy atom. The zero-order valence-corrected chi connectivity index (χ0v) is 51.1. The fourth-order valence-electron chi connectivity index (χ4n) is 9.90. The molecule has 4 N–H and O–H groups in total. The number of benzene rings is 8. The molecule has 0 bridgehead atoms. The van der Waals surface area contributed by atoms with Crippen molar-refractivity contribution in [3.8, 4) is 17.2 Å². The van der Waals surface area contributed by atoms with Crippen molar-refractivity contribution in [2.45, 2.75) is 96.7 Å². The fraction of sp³-hybridized carbons (Fsp3) is 0.237. The van der Waals surface area contributed by atoms with E-state index in [1.54, 1.807) is 36.4 Å². The van der Waals surface area contributed by atoms with Gasteiger partial charge in [0.25, 0.3) is 0 Å². The van der Waals surface area contributed by atoms with Gasteiger partial charge < -0.3 is 25.4 Å². The van der Waals surface area contributed by atoms with Crippen molar-refractivity contribution in [3.05, 3.63) is 287 Å². The van der Waals surface area contributed by atoms with Crippen LogP contribution in [0.4, 0.5) is 18.9 Å². The number of nitrogens with two attached hydrogens (primary N) is 1. The van der Waals surface area contributed by atoms with Crippen LogP contribution >= 0.6 is 12.4 Å². The number of phenolic OH excluding ortho intramolecular Hbond substituents is 1. The lowest BCUT2D eigenvalue weighted by Crippen LogP contribution is -2.28. The molecule has 0 spiro atoms. The Balaban J connectivity index is 0.000000172. The van der Waals surface area contributed by atoms with Gasteiger partial charge in [-0.05, 0) is 175 Å². The van der Waals surface area contributed by atoms with Crippen molar-refractivity contribution in [1.82, 2.24) is 0 Å². The third-order valence-corrected chi connectivity index (χ3v) is 16.0. The van der Waals surface area contributed by atoms with Crippen LogP contribution in [0.15, 0.2) is 231 Å². The highest BCUT2D eigenvalue weighted by molar-refractivity contribution is 6.12. The van der Waals surface area contributed by atoms with Crippen molar-refractivity contribution in [2.75, 3.05) is 5.73 Å². The normalized spacial score (nSPS) is 14.3. The van der Waals surface area contributed by atoms with Crippen LogP contribution in [0.1, 0.15) is 90.3 Å². The molecule has 0 aromatic heterocycles. The molecule has 0 atom stereocenters. The minimum absolute atomic E-state index is 0. The summed E-state index contributed by atoms with van der Waals surface area (Å²) in [6, 6.07) is 58.5. The third-order valence-electron chi connectivity index (χ3n) is 16.0. The SMILES string of the molecule is C1=CCC=CC1.Cl.Nc1ccc(OCc2ccccc2)cc1.O=C(Cc1ccc(F)cc1)C1(C(=O)Cc2ccc(OCc3ccccc3)cc2)CC1.O=C(Cc1ccc(O)cc1)C1(C(=O)Cc2ccc(F)cc2)CC1.O=C(O)C1(C(=O)Cc2ccc(F)cc2)CC1. The van der Waals surface area contributed by atoms with Gasteiger partial charge in [0.1, 0.15) is 53.3 Å². The number of carboxylic acids is 1. The molecule has 91 heavy (non-hydrogen) atoms. The summed E-state index contributed by atoms with van der Waals surface area (Å²) in [6.07, 6.45) is 15.0. The fourth-order valence-corrected chi connectivity index (χ4v) is 9.90. The van der Waals surface area contributed by atoms with Gasteiger partial charge >= 0.3 is 5.97 Å². The predicted molar refractivity (Wildman–Crippen MR) is 347 cm³/mol. The molecule has 15 heteroatoms. The second-order valence-electron chi connectivity index (χ2n) is 22.8. The molecule has 0 aliphatic heterocycles. The second-order valence-corrected chi connectivity index (χ2v) is 22.8. The van der Waals surface area contributed by atoms with E-state index in [1.165, 1.54) is 60.7 Å². The maximum Gasteiger partial charge on any atom is 0.317 e. The molecule has 4 aliphatic carbocycles. The number of carbonyl (C=O) groups is 6. The number of ether oxygens (including phenoxy) is 2. The van der Waals surface area contributed by atoms with Crippen LogP contribution in [0, 0.1) is 33.7 Å². The number of Topliss-reactive ketones (excluding diaryl/α,β-unsaturated/α-hetero) is 5. The van der Waals surface area contributed by atoms with E-state index in [0.29, 0.717) is 57.3 Å². The summed E-state index contributed by atoms with van der Waals surface area (Å²) in [5.41, 5.74) is 9.46. The van der Waals surface area contributed by atoms with Crippen molar-refractivity contribution >= 4 is 53.0 Å². The molecule has 3 fully saturated rings. The molecule has 8 aromatic carbocycles. The summed E-state index contributed by atoms with van der Waals surface area (Å²) >= 11 is 0. The molecule has 0 unspecified atom stereocenters. The Hall–Kier alpha value is -9.66. The first-order valence-electron chi connectivity index (χ1n) is 29.9. The van der Waals surface area contributed by atoms with E-state index in [9.17, 15) is 47.0 Å². The van der Waals surface area contributed by atoms with Gasteiger partial charge in [0, 0.05) is 37.8 Å². The first-order valence-corrected chi connectivity index (χ1v) is 29.9. The lowest BCUT2D eigenvalue weighted by Gasteiger charge is -2.13. The van der Waals surface area contributed by atoms with E-state index in [4.69, 9.17) is 20.3 Å². The number of carbonyl (C=O) groups excluding carboxylic acids is 5. The quantitative estimate of drug-likeness (QED) is 0.0333. The number of hydrogen-bond acceptors (Lipinski definition) is 10. The molecule has 3 saturated carbocycles. The monoisotopic (exact) mass is 1250 g/mol. The maximum absolute atomic E-state index is 13.1. The van der Waals surface area contributed by atoms with Crippen LogP contribution in [-0.2, 0) is 74.1 Å². The Morgan fingerprint density at radius 1 is 0.363 bits per heavy atom. The van der Waals surface area contributed by atoms with E-state index in [-0.39, 0.29) is 96.6 Å². The van der Waals surface area contributed by atoms with Crippen molar-refractivity contribution in [3.63, 3.8) is 0 Å². The van der Waals surface area contributed by atoms with Gasteiger partial charge in [-0.3, -0.25) is 28.8 Å². The number of anilines is 1. The largest absolute Gasteiger partial charge is 0.508 e. The number of aliphatic carboxylic acids is 1. The lowest BCUT2D eigenvalue weighted by atomic mass is 9.88. The van der Waals surface area contributed by atoms with Crippen LogP contribution in [0.5, 0.6) is 17.2 Å². The number of nitrogen functional groups attached to an aromatic ring is 1. The average molecular weight is 1250 g/mol. The smallest absolute Gasteiger partial charge is 0.317 e. The number of rotatable bonds is 22. The highest BCUT2D eigenvalue weighted by Crippen LogP contribution is 2.50. The third kappa shape index (κ3) is 21.0. The Morgan fingerprint density at radius 3 is 0.901 bits per heavy atom. The van der Waals surface area contributed by atoms with Crippen LogP contribution in [0.25, 0.3) is 0 Å².